The number of unbranched alkanes of at least 4 members (excludes halogenated alkanes) is 4. The zero-order valence-corrected chi connectivity index (χ0v) is 23.1. The van der Waals surface area contributed by atoms with Crippen LogP contribution in [0, 0.1) is 41.3 Å². The molecule has 4 atom stereocenters. The molecule has 3 saturated carbocycles. The standard InChI is InChI=1S/C33H49FO3/c1-3-5-6-7-8-9-24-10-11-29-22-28(17-16-27(29)21-24)25-12-14-26(15-13-25)33(35)37-30-18-19-32(31(34)23-30)36-20-4-2/h4,18-19,23-29H,2-3,5-17,20-22H2,1H3. The largest absolute Gasteiger partial charge is 0.486 e. The summed E-state index contributed by atoms with van der Waals surface area (Å²) in [5.74, 6) is 4.13. The predicted molar refractivity (Wildman–Crippen MR) is 148 cm³/mol. The Kier molecular flexibility index (Phi) is 10.9. The molecule has 206 valence electrons. The highest BCUT2D eigenvalue weighted by Gasteiger charge is 2.39. The van der Waals surface area contributed by atoms with Crippen LogP contribution in [0.15, 0.2) is 30.9 Å². The maximum Gasteiger partial charge on any atom is 0.314 e. The summed E-state index contributed by atoms with van der Waals surface area (Å²) >= 11 is 0. The summed E-state index contributed by atoms with van der Waals surface area (Å²) in [5, 5.41) is 0. The van der Waals surface area contributed by atoms with E-state index < -0.39 is 5.82 Å². The van der Waals surface area contributed by atoms with Crippen LogP contribution in [-0.2, 0) is 4.79 Å². The molecule has 0 amide bonds. The molecule has 0 heterocycles. The summed E-state index contributed by atoms with van der Waals surface area (Å²) in [6.45, 7) is 6.10. The Labute approximate surface area is 224 Å². The average Bonchev–Trinajstić information content (AvgIpc) is 2.92. The van der Waals surface area contributed by atoms with Crippen LogP contribution in [-0.4, -0.2) is 12.6 Å². The lowest BCUT2D eigenvalue weighted by Crippen LogP contribution is -2.35. The maximum absolute atomic E-state index is 14.2. The second kappa shape index (κ2) is 14.4. The van der Waals surface area contributed by atoms with Crippen LogP contribution in [0.5, 0.6) is 11.5 Å². The highest BCUT2D eigenvalue weighted by molar-refractivity contribution is 5.75. The van der Waals surface area contributed by atoms with E-state index in [-0.39, 0.29) is 30.0 Å². The van der Waals surface area contributed by atoms with Gasteiger partial charge in [0.2, 0.25) is 0 Å². The van der Waals surface area contributed by atoms with Crippen molar-refractivity contribution in [1.82, 2.24) is 0 Å². The molecule has 4 rings (SSSR count). The van der Waals surface area contributed by atoms with Crippen molar-refractivity contribution in [1.29, 1.82) is 0 Å². The number of esters is 1. The summed E-state index contributed by atoms with van der Waals surface area (Å²) in [7, 11) is 0. The predicted octanol–water partition coefficient (Wildman–Crippen LogP) is 9.30. The monoisotopic (exact) mass is 512 g/mol. The number of ether oxygens (including phenoxy) is 2. The third-order valence-electron chi connectivity index (χ3n) is 9.73. The number of hydrogen-bond donors (Lipinski definition) is 0. The fraction of sp³-hybridized carbons (Fsp3) is 0.727. The smallest absolute Gasteiger partial charge is 0.314 e. The first-order valence-electron chi connectivity index (χ1n) is 15.3. The number of halogens is 1. The molecule has 3 aliphatic rings. The molecule has 0 N–H and O–H groups in total. The van der Waals surface area contributed by atoms with E-state index in [2.05, 4.69) is 13.5 Å². The number of benzene rings is 1. The molecule has 37 heavy (non-hydrogen) atoms. The van der Waals surface area contributed by atoms with Gasteiger partial charge in [-0.05, 0) is 99.5 Å². The number of rotatable bonds is 12. The van der Waals surface area contributed by atoms with Gasteiger partial charge in [-0.2, -0.15) is 0 Å². The molecule has 3 aliphatic carbocycles. The van der Waals surface area contributed by atoms with Crippen LogP contribution in [0.4, 0.5) is 4.39 Å². The van der Waals surface area contributed by atoms with E-state index in [0.29, 0.717) is 0 Å². The Bertz CT molecular complexity index is 859. The zero-order valence-electron chi connectivity index (χ0n) is 23.1. The lowest BCUT2D eigenvalue weighted by molar-refractivity contribution is -0.140. The van der Waals surface area contributed by atoms with E-state index in [1.807, 2.05) is 0 Å². The first kappa shape index (κ1) is 28.2. The minimum atomic E-state index is -0.521. The van der Waals surface area contributed by atoms with Crippen molar-refractivity contribution in [2.75, 3.05) is 6.61 Å². The fourth-order valence-electron chi connectivity index (χ4n) is 7.59. The Morgan fingerprint density at radius 3 is 2.32 bits per heavy atom. The molecule has 3 nitrogen and oxygen atoms in total. The normalized spacial score (nSPS) is 29.8. The van der Waals surface area contributed by atoms with E-state index in [9.17, 15) is 9.18 Å². The van der Waals surface area contributed by atoms with Crippen LogP contribution in [0.1, 0.15) is 110 Å². The molecule has 4 unspecified atom stereocenters. The molecule has 1 aromatic carbocycles. The van der Waals surface area contributed by atoms with Gasteiger partial charge in [0.05, 0.1) is 5.92 Å². The van der Waals surface area contributed by atoms with Crippen LogP contribution in [0.25, 0.3) is 0 Å². The zero-order chi connectivity index (χ0) is 26.0. The van der Waals surface area contributed by atoms with E-state index in [1.165, 1.54) is 89.2 Å². The molecule has 1 aromatic rings. The summed E-state index contributed by atoms with van der Waals surface area (Å²) < 4.78 is 25.0. The first-order chi connectivity index (χ1) is 18.1. The van der Waals surface area contributed by atoms with Gasteiger partial charge in [0.15, 0.2) is 11.6 Å². The SMILES string of the molecule is C=CCOc1ccc(OC(=O)C2CCC(C3CCC4CC(CCCCCCC)CCC4C3)CC2)cc1F. The van der Waals surface area contributed by atoms with Crippen LogP contribution < -0.4 is 9.47 Å². The quantitative estimate of drug-likeness (QED) is 0.121. The van der Waals surface area contributed by atoms with Gasteiger partial charge in [-0.1, -0.05) is 64.5 Å². The van der Waals surface area contributed by atoms with Crippen molar-refractivity contribution >= 4 is 5.97 Å². The van der Waals surface area contributed by atoms with E-state index in [0.717, 1.165) is 55.3 Å². The Balaban J connectivity index is 1.17. The first-order valence-corrected chi connectivity index (χ1v) is 15.3. The maximum atomic E-state index is 14.2. The summed E-state index contributed by atoms with van der Waals surface area (Å²) in [6, 6.07) is 4.35. The lowest BCUT2D eigenvalue weighted by atomic mass is 9.60. The molecule has 0 aromatic heterocycles. The molecule has 0 bridgehead atoms. The highest BCUT2D eigenvalue weighted by Crippen LogP contribution is 2.49. The fourth-order valence-corrected chi connectivity index (χ4v) is 7.59. The van der Waals surface area contributed by atoms with Crippen molar-refractivity contribution < 1.29 is 18.7 Å². The molecule has 4 heteroatoms. The molecule has 0 spiro atoms. The second-order valence-corrected chi connectivity index (χ2v) is 12.2. The van der Waals surface area contributed by atoms with E-state index in [1.54, 1.807) is 12.1 Å². The third kappa shape index (κ3) is 8.07. The van der Waals surface area contributed by atoms with E-state index >= 15 is 0 Å². The van der Waals surface area contributed by atoms with Crippen LogP contribution in [0.2, 0.25) is 0 Å². The highest BCUT2D eigenvalue weighted by atomic mass is 19.1. The van der Waals surface area contributed by atoms with Gasteiger partial charge in [-0.3, -0.25) is 4.79 Å². The Morgan fingerprint density at radius 2 is 1.59 bits per heavy atom. The van der Waals surface area contributed by atoms with Gasteiger partial charge >= 0.3 is 5.97 Å². The Hall–Kier alpha value is -1.84. The van der Waals surface area contributed by atoms with Crippen LogP contribution >= 0.6 is 0 Å². The minimum absolute atomic E-state index is 0.0693. The summed E-state index contributed by atoms with van der Waals surface area (Å²) in [4.78, 5) is 12.8. The number of hydrogen-bond acceptors (Lipinski definition) is 3. The van der Waals surface area contributed by atoms with Crippen molar-refractivity contribution in [3.8, 4) is 11.5 Å². The molecule has 0 saturated heterocycles. The van der Waals surface area contributed by atoms with Gasteiger partial charge < -0.3 is 9.47 Å². The minimum Gasteiger partial charge on any atom is -0.486 e. The average molecular weight is 513 g/mol. The lowest BCUT2D eigenvalue weighted by Gasteiger charge is -2.45. The summed E-state index contributed by atoms with van der Waals surface area (Å²) in [6.07, 6.45) is 22.8. The third-order valence-corrected chi connectivity index (χ3v) is 9.73. The number of fused-ring (bicyclic) bond motifs is 1. The van der Waals surface area contributed by atoms with Crippen LogP contribution in [0.3, 0.4) is 0 Å². The number of carbonyl (C=O) groups excluding carboxylic acids is 1. The molecule has 3 fully saturated rings. The number of carbonyl (C=O) groups is 1. The van der Waals surface area contributed by atoms with Gasteiger partial charge in [-0.15, -0.1) is 0 Å². The topological polar surface area (TPSA) is 35.5 Å². The van der Waals surface area contributed by atoms with Gasteiger partial charge in [0, 0.05) is 6.07 Å². The van der Waals surface area contributed by atoms with Crippen molar-refractivity contribution in [3.05, 3.63) is 36.7 Å². The van der Waals surface area contributed by atoms with Gasteiger partial charge in [0.25, 0.3) is 0 Å². The molecule has 0 radical (unpaired) electrons. The second-order valence-electron chi connectivity index (χ2n) is 12.2. The van der Waals surface area contributed by atoms with E-state index in [4.69, 9.17) is 9.47 Å². The molecular formula is C33H49FO3. The van der Waals surface area contributed by atoms with Crippen molar-refractivity contribution in [3.63, 3.8) is 0 Å². The summed E-state index contributed by atoms with van der Waals surface area (Å²) in [5.41, 5.74) is 0. The van der Waals surface area contributed by atoms with Crippen molar-refractivity contribution in [2.45, 2.75) is 110 Å². The Morgan fingerprint density at radius 1 is 0.919 bits per heavy atom. The molecular weight excluding hydrogens is 463 g/mol. The molecule has 0 aliphatic heterocycles. The van der Waals surface area contributed by atoms with Gasteiger partial charge in [0.1, 0.15) is 12.4 Å². The van der Waals surface area contributed by atoms with Crippen molar-refractivity contribution in [2.24, 2.45) is 35.5 Å². The van der Waals surface area contributed by atoms with Gasteiger partial charge in [-0.25, -0.2) is 4.39 Å².